The number of unbranched alkanes of at least 4 members (excludes halogenated alkanes) is 38. The Hall–Kier alpha value is -1.39. The molecule has 0 spiro atoms. The third-order valence-corrected chi connectivity index (χ3v) is 12.4. The zero-order valence-corrected chi connectivity index (χ0v) is 40.0. The van der Waals surface area contributed by atoms with Gasteiger partial charge in [-0.05, 0) is 44.9 Å². The molecule has 348 valence electrons. The van der Waals surface area contributed by atoms with E-state index in [1.807, 2.05) is 6.08 Å². The van der Waals surface area contributed by atoms with Crippen LogP contribution in [0.5, 0.6) is 0 Å². The molecule has 0 rings (SSSR count). The first-order valence-electron chi connectivity index (χ1n) is 26.7. The van der Waals surface area contributed by atoms with Gasteiger partial charge in [0.05, 0.1) is 18.8 Å². The molecule has 0 aliphatic heterocycles. The molecule has 3 N–H and O–H groups in total. The van der Waals surface area contributed by atoms with Crippen molar-refractivity contribution >= 4 is 5.91 Å². The predicted octanol–water partition coefficient (Wildman–Crippen LogP) is 17.3. The molecule has 0 aromatic rings. The van der Waals surface area contributed by atoms with Crippen LogP contribution < -0.4 is 5.32 Å². The molecule has 59 heavy (non-hydrogen) atoms. The lowest BCUT2D eigenvalue weighted by Gasteiger charge is -2.19. The van der Waals surface area contributed by atoms with E-state index in [4.69, 9.17) is 0 Å². The number of hydrogen-bond acceptors (Lipinski definition) is 3. The Morgan fingerprint density at radius 2 is 0.661 bits per heavy atom. The third-order valence-electron chi connectivity index (χ3n) is 12.4. The first-order chi connectivity index (χ1) is 29.2. The summed E-state index contributed by atoms with van der Waals surface area (Å²) in [6.07, 6.45) is 68.7. The highest BCUT2D eigenvalue weighted by molar-refractivity contribution is 5.76. The number of aliphatic hydroxyl groups is 2. The fraction of sp³-hybridized carbons (Fsp3) is 0.873. The Kier molecular flexibility index (Phi) is 49.8. The summed E-state index contributed by atoms with van der Waals surface area (Å²) in [5, 5.41) is 23.1. The molecule has 0 aliphatic carbocycles. The standard InChI is InChI=1S/C55H105NO3/c1-3-5-7-9-11-13-15-17-19-21-23-25-26-27-28-29-30-31-33-35-37-39-41-43-45-47-49-51-55(59)56-53(52-57)54(58)50-48-46-44-42-40-38-36-34-32-24-22-20-18-16-14-12-10-8-6-4-2/h32,34,40,42,48,50,53-54,57-58H,3-31,33,35-39,41,43-47,49,51-52H2,1-2H3,(H,56,59)/b34-32+,42-40+,50-48+. The van der Waals surface area contributed by atoms with E-state index in [1.165, 1.54) is 231 Å². The van der Waals surface area contributed by atoms with Gasteiger partial charge in [0, 0.05) is 6.42 Å². The fourth-order valence-electron chi connectivity index (χ4n) is 8.27. The Bertz CT molecular complexity index is 897. The van der Waals surface area contributed by atoms with Gasteiger partial charge in [-0.1, -0.05) is 275 Å². The minimum atomic E-state index is -0.868. The quantitative estimate of drug-likeness (QED) is 0.0423. The summed E-state index contributed by atoms with van der Waals surface area (Å²) < 4.78 is 0. The van der Waals surface area contributed by atoms with Gasteiger partial charge in [-0.25, -0.2) is 0 Å². The van der Waals surface area contributed by atoms with Crippen LogP contribution in [0, 0.1) is 0 Å². The monoisotopic (exact) mass is 828 g/mol. The van der Waals surface area contributed by atoms with Crippen LogP contribution >= 0.6 is 0 Å². The highest BCUT2D eigenvalue weighted by Gasteiger charge is 2.17. The maximum atomic E-state index is 12.4. The van der Waals surface area contributed by atoms with Gasteiger partial charge in [-0.15, -0.1) is 0 Å². The largest absolute Gasteiger partial charge is 0.394 e. The highest BCUT2D eigenvalue weighted by atomic mass is 16.3. The minimum Gasteiger partial charge on any atom is -0.394 e. The number of carbonyl (C=O) groups is 1. The van der Waals surface area contributed by atoms with Crippen LogP contribution in [0.1, 0.15) is 290 Å². The third kappa shape index (κ3) is 47.5. The molecular formula is C55H105NO3. The van der Waals surface area contributed by atoms with Crippen molar-refractivity contribution in [2.24, 2.45) is 0 Å². The van der Waals surface area contributed by atoms with Crippen LogP contribution in [0.4, 0.5) is 0 Å². The van der Waals surface area contributed by atoms with E-state index >= 15 is 0 Å². The number of amides is 1. The molecule has 0 saturated carbocycles. The smallest absolute Gasteiger partial charge is 0.220 e. The van der Waals surface area contributed by atoms with Gasteiger partial charge in [0.15, 0.2) is 0 Å². The molecule has 4 nitrogen and oxygen atoms in total. The summed E-state index contributed by atoms with van der Waals surface area (Å²) in [6.45, 7) is 4.32. The van der Waals surface area contributed by atoms with Crippen LogP contribution in [0.2, 0.25) is 0 Å². The zero-order valence-electron chi connectivity index (χ0n) is 40.0. The maximum absolute atomic E-state index is 12.4. The molecule has 0 heterocycles. The maximum Gasteiger partial charge on any atom is 0.220 e. The first-order valence-corrected chi connectivity index (χ1v) is 26.7. The second-order valence-electron chi connectivity index (χ2n) is 18.3. The Morgan fingerprint density at radius 3 is 0.983 bits per heavy atom. The second-order valence-corrected chi connectivity index (χ2v) is 18.3. The summed E-state index contributed by atoms with van der Waals surface area (Å²) in [6, 6.07) is -0.643. The Morgan fingerprint density at radius 1 is 0.390 bits per heavy atom. The number of allylic oxidation sites excluding steroid dienone is 5. The van der Waals surface area contributed by atoms with E-state index in [9.17, 15) is 15.0 Å². The fourth-order valence-corrected chi connectivity index (χ4v) is 8.27. The molecule has 0 aromatic heterocycles. The summed E-state index contributed by atoms with van der Waals surface area (Å²) in [5.41, 5.74) is 0. The van der Waals surface area contributed by atoms with Crippen LogP contribution in [0.3, 0.4) is 0 Å². The summed E-state index contributed by atoms with van der Waals surface area (Å²) in [7, 11) is 0. The van der Waals surface area contributed by atoms with E-state index in [-0.39, 0.29) is 12.5 Å². The van der Waals surface area contributed by atoms with E-state index in [2.05, 4.69) is 43.5 Å². The first kappa shape index (κ1) is 57.6. The van der Waals surface area contributed by atoms with Crippen molar-refractivity contribution in [3.63, 3.8) is 0 Å². The van der Waals surface area contributed by atoms with E-state index in [1.54, 1.807) is 6.08 Å². The molecule has 1 amide bonds. The van der Waals surface area contributed by atoms with Crippen molar-refractivity contribution in [1.82, 2.24) is 5.32 Å². The molecule has 0 saturated heterocycles. The second kappa shape index (κ2) is 51.0. The van der Waals surface area contributed by atoms with Gasteiger partial charge in [0.25, 0.3) is 0 Å². The van der Waals surface area contributed by atoms with E-state index in [0.29, 0.717) is 6.42 Å². The molecule has 4 heteroatoms. The van der Waals surface area contributed by atoms with Gasteiger partial charge in [-0.3, -0.25) is 4.79 Å². The van der Waals surface area contributed by atoms with Crippen LogP contribution in [-0.4, -0.2) is 34.9 Å². The van der Waals surface area contributed by atoms with E-state index < -0.39 is 12.1 Å². The van der Waals surface area contributed by atoms with Gasteiger partial charge in [0.2, 0.25) is 5.91 Å². The summed E-state index contributed by atoms with van der Waals surface area (Å²) in [4.78, 5) is 12.4. The molecule has 0 fully saturated rings. The molecular weight excluding hydrogens is 723 g/mol. The molecule has 2 atom stereocenters. The molecule has 0 aliphatic rings. The van der Waals surface area contributed by atoms with Crippen molar-refractivity contribution in [3.05, 3.63) is 36.5 Å². The molecule has 0 bridgehead atoms. The van der Waals surface area contributed by atoms with Crippen molar-refractivity contribution in [2.45, 2.75) is 302 Å². The van der Waals surface area contributed by atoms with Crippen molar-refractivity contribution in [2.75, 3.05) is 6.61 Å². The zero-order chi connectivity index (χ0) is 42.8. The average Bonchev–Trinajstić information content (AvgIpc) is 3.24. The SMILES string of the molecule is CCCCCCCCCCCC/C=C/CC/C=C/CC/C=C/C(O)C(CO)NC(=O)CCCCCCCCCCCCCCCCCCCCCCCCCCCCC. The number of nitrogens with one attached hydrogen (secondary N) is 1. The Labute approximate surface area is 370 Å². The number of carbonyl (C=O) groups excluding carboxylic acids is 1. The van der Waals surface area contributed by atoms with Gasteiger partial charge < -0.3 is 15.5 Å². The van der Waals surface area contributed by atoms with Gasteiger partial charge in [0.1, 0.15) is 0 Å². The normalized spacial score (nSPS) is 13.1. The van der Waals surface area contributed by atoms with Crippen LogP contribution in [0.15, 0.2) is 36.5 Å². The lowest BCUT2D eigenvalue weighted by Crippen LogP contribution is -2.45. The van der Waals surface area contributed by atoms with Crippen molar-refractivity contribution in [3.8, 4) is 0 Å². The lowest BCUT2D eigenvalue weighted by atomic mass is 10.0. The predicted molar refractivity (Wildman–Crippen MR) is 262 cm³/mol. The van der Waals surface area contributed by atoms with Gasteiger partial charge >= 0.3 is 0 Å². The highest BCUT2D eigenvalue weighted by Crippen LogP contribution is 2.17. The molecule has 0 aromatic carbocycles. The Balaban J connectivity index is 3.52. The van der Waals surface area contributed by atoms with Crippen LogP contribution in [-0.2, 0) is 4.79 Å². The lowest BCUT2D eigenvalue weighted by molar-refractivity contribution is -0.123. The summed E-state index contributed by atoms with van der Waals surface area (Å²) in [5.74, 6) is -0.0726. The molecule has 2 unspecified atom stereocenters. The van der Waals surface area contributed by atoms with E-state index in [0.717, 1.165) is 38.5 Å². The average molecular weight is 828 g/mol. The number of aliphatic hydroxyl groups excluding tert-OH is 2. The topological polar surface area (TPSA) is 69.6 Å². The molecule has 0 radical (unpaired) electrons. The number of hydrogen-bond donors (Lipinski definition) is 3. The minimum absolute atomic E-state index is 0.0726. The van der Waals surface area contributed by atoms with Crippen molar-refractivity contribution in [1.29, 1.82) is 0 Å². The number of rotatable bonds is 49. The van der Waals surface area contributed by atoms with Crippen molar-refractivity contribution < 1.29 is 15.0 Å². The van der Waals surface area contributed by atoms with Crippen LogP contribution in [0.25, 0.3) is 0 Å². The summed E-state index contributed by atoms with van der Waals surface area (Å²) >= 11 is 0. The van der Waals surface area contributed by atoms with Gasteiger partial charge in [-0.2, -0.15) is 0 Å².